The van der Waals surface area contributed by atoms with Crippen molar-refractivity contribution >= 4 is 0 Å². The fraction of sp³-hybridized carbons (Fsp3) is 0.353. The van der Waals surface area contributed by atoms with Crippen molar-refractivity contribution in [1.29, 1.82) is 0 Å². The summed E-state index contributed by atoms with van der Waals surface area (Å²) in [5.74, 6) is 0.709. The molecule has 1 aromatic carbocycles. The van der Waals surface area contributed by atoms with E-state index in [-0.39, 0.29) is 11.9 Å². The molecule has 1 N–H and O–H groups in total. The number of rotatable bonds is 4. The first kappa shape index (κ1) is 15.0. The number of nitrogens with zero attached hydrogens (tertiary/aromatic N) is 5. The summed E-state index contributed by atoms with van der Waals surface area (Å²) < 4.78 is 17.5. The fourth-order valence-electron chi connectivity index (χ4n) is 3.15. The summed E-state index contributed by atoms with van der Waals surface area (Å²) >= 11 is 0. The van der Waals surface area contributed by atoms with Crippen LogP contribution in [0.4, 0.5) is 4.39 Å². The molecule has 0 unspecified atom stereocenters. The van der Waals surface area contributed by atoms with E-state index in [9.17, 15) is 4.39 Å². The molecule has 0 fully saturated rings. The largest absolute Gasteiger partial charge is 0.303 e. The van der Waals surface area contributed by atoms with Gasteiger partial charge in [-0.25, -0.2) is 18.7 Å². The number of fused-ring (bicyclic) bond motifs is 1. The van der Waals surface area contributed by atoms with Gasteiger partial charge in [0.2, 0.25) is 0 Å². The van der Waals surface area contributed by atoms with Crippen LogP contribution in [0.5, 0.6) is 0 Å². The van der Waals surface area contributed by atoms with Crippen molar-refractivity contribution in [2.75, 3.05) is 0 Å². The maximum Gasteiger partial charge on any atom is 0.148 e. The van der Waals surface area contributed by atoms with Crippen molar-refractivity contribution < 1.29 is 4.39 Å². The maximum atomic E-state index is 13.9. The van der Waals surface area contributed by atoms with Crippen molar-refractivity contribution in [2.24, 2.45) is 0 Å². The van der Waals surface area contributed by atoms with Crippen LogP contribution < -0.4 is 5.32 Å². The zero-order valence-corrected chi connectivity index (χ0v) is 13.5. The van der Waals surface area contributed by atoms with E-state index in [4.69, 9.17) is 0 Å². The summed E-state index contributed by atoms with van der Waals surface area (Å²) in [4.78, 5) is 4.36. The second-order valence-corrected chi connectivity index (χ2v) is 6.05. The summed E-state index contributed by atoms with van der Waals surface area (Å²) in [5.41, 5.74) is 2.40. The number of hydrogen-bond donors (Lipinski definition) is 1. The Morgan fingerprint density at radius 2 is 2.21 bits per heavy atom. The van der Waals surface area contributed by atoms with Crippen LogP contribution in [0.15, 0.2) is 36.8 Å². The minimum absolute atomic E-state index is 0.192. The molecule has 0 amide bonds. The molecule has 6 nitrogen and oxygen atoms in total. The Balaban J connectivity index is 1.52. The van der Waals surface area contributed by atoms with Gasteiger partial charge in [-0.2, -0.15) is 10.2 Å². The van der Waals surface area contributed by atoms with Crippen molar-refractivity contribution in [2.45, 2.75) is 38.9 Å². The highest BCUT2D eigenvalue weighted by Gasteiger charge is 2.22. The molecular weight excluding hydrogens is 307 g/mol. The molecule has 7 heteroatoms. The van der Waals surface area contributed by atoms with Gasteiger partial charge in [0, 0.05) is 24.8 Å². The van der Waals surface area contributed by atoms with Gasteiger partial charge in [0.15, 0.2) is 0 Å². The topological polar surface area (TPSA) is 60.6 Å². The standard InChI is InChI=1S/C17H19FN6/c1-12-13(10-24(22-12)16-7-3-2-5-14(16)18)9-19-15-6-4-8-23-17(15)20-11-21-23/h2-3,5,7,10-11,15,19H,4,6,8-9H2,1H3/t15-/m0/s1. The molecule has 4 rings (SSSR count). The Labute approximate surface area is 139 Å². The van der Waals surface area contributed by atoms with E-state index in [1.54, 1.807) is 23.1 Å². The summed E-state index contributed by atoms with van der Waals surface area (Å²) in [6, 6.07) is 6.85. The van der Waals surface area contributed by atoms with Crippen molar-refractivity contribution in [3.63, 3.8) is 0 Å². The molecule has 3 heterocycles. The third-order valence-electron chi connectivity index (χ3n) is 4.46. The average molecular weight is 326 g/mol. The zero-order valence-electron chi connectivity index (χ0n) is 13.5. The minimum atomic E-state index is -0.278. The number of halogens is 1. The van der Waals surface area contributed by atoms with E-state index in [1.807, 2.05) is 23.9 Å². The molecule has 3 aromatic rings. The third kappa shape index (κ3) is 2.71. The Kier molecular flexibility index (Phi) is 3.86. The molecule has 1 atom stereocenters. The Morgan fingerprint density at radius 3 is 3.08 bits per heavy atom. The quantitative estimate of drug-likeness (QED) is 0.800. The molecule has 0 bridgehead atoms. The van der Waals surface area contributed by atoms with E-state index in [1.165, 1.54) is 6.07 Å². The van der Waals surface area contributed by atoms with Gasteiger partial charge >= 0.3 is 0 Å². The number of aromatic nitrogens is 5. The molecule has 0 spiro atoms. The molecular formula is C17H19FN6. The van der Waals surface area contributed by atoms with Crippen LogP contribution in [-0.2, 0) is 13.1 Å². The normalized spacial score (nSPS) is 17.0. The van der Waals surface area contributed by atoms with Crippen LogP contribution in [0, 0.1) is 12.7 Å². The molecule has 0 saturated heterocycles. The zero-order chi connectivity index (χ0) is 16.5. The van der Waals surface area contributed by atoms with Crippen LogP contribution in [-0.4, -0.2) is 24.5 Å². The fourth-order valence-corrected chi connectivity index (χ4v) is 3.15. The highest BCUT2D eigenvalue weighted by molar-refractivity contribution is 5.34. The van der Waals surface area contributed by atoms with Crippen LogP contribution in [0.2, 0.25) is 0 Å². The first-order valence-electron chi connectivity index (χ1n) is 8.13. The summed E-state index contributed by atoms with van der Waals surface area (Å²) in [5, 5.41) is 12.2. The lowest BCUT2D eigenvalue weighted by molar-refractivity contribution is 0.366. The second kappa shape index (κ2) is 6.16. The summed E-state index contributed by atoms with van der Waals surface area (Å²) in [6.07, 6.45) is 5.62. The monoisotopic (exact) mass is 326 g/mol. The van der Waals surface area contributed by atoms with Crippen LogP contribution in [0.3, 0.4) is 0 Å². The van der Waals surface area contributed by atoms with Crippen molar-refractivity contribution in [3.8, 4) is 5.69 Å². The number of aryl methyl sites for hydroxylation is 2. The van der Waals surface area contributed by atoms with Gasteiger partial charge in [-0.3, -0.25) is 0 Å². The van der Waals surface area contributed by atoms with Crippen LogP contribution in [0.25, 0.3) is 5.69 Å². The number of benzene rings is 1. The lowest BCUT2D eigenvalue weighted by Crippen LogP contribution is -2.28. The highest BCUT2D eigenvalue weighted by Crippen LogP contribution is 2.23. The van der Waals surface area contributed by atoms with Gasteiger partial charge in [0.05, 0.1) is 11.7 Å². The van der Waals surface area contributed by atoms with Gasteiger partial charge in [-0.05, 0) is 31.9 Å². The van der Waals surface area contributed by atoms with Gasteiger partial charge in [-0.1, -0.05) is 12.1 Å². The minimum Gasteiger partial charge on any atom is -0.303 e. The SMILES string of the molecule is Cc1nn(-c2ccccc2F)cc1CN[C@H]1CCCn2ncnc21. The molecule has 0 aliphatic carbocycles. The van der Waals surface area contributed by atoms with Gasteiger partial charge < -0.3 is 5.32 Å². The Bertz CT molecular complexity index is 852. The number of nitrogens with one attached hydrogen (secondary N) is 1. The van der Waals surface area contributed by atoms with Crippen molar-refractivity contribution in [3.05, 3.63) is 59.7 Å². The van der Waals surface area contributed by atoms with Crippen LogP contribution in [0.1, 0.15) is 36.0 Å². The number of para-hydroxylation sites is 1. The molecule has 2 aromatic heterocycles. The molecule has 0 saturated carbocycles. The smallest absolute Gasteiger partial charge is 0.148 e. The van der Waals surface area contributed by atoms with E-state index < -0.39 is 0 Å². The predicted octanol–water partition coefficient (Wildman–Crippen LogP) is 2.54. The summed E-state index contributed by atoms with van der Waals surface area (Å²) in [7, 11) is 0. The first-order chi connectivity index (χ1) is 11.7. The Morgan fingerprint density at radius 1 is 1.33 bits per heavy atom. The third-order valence-corrected chi connectivity index (χ3v) is 4.46. The van der Waals surface area contributed by atoms with Gasteiger partial charge in [0.25, 0.3) is 0 Å². The van der Waals surface area contributed by atoms with E-state index >= 15 is 0 Å². The molecule has 124 valence electrons. The lowest BCUT2D eigenvalue weighted by Gasteiger charge is -2.23. The lowest BCUT2D eigenvalue weighted by atomic mass is 10.1. The van der Waals surface area contributed by atoms with E-state index in [2.05, 4.69) is 20.5 Å². The molecule has 1 aliphatic rings. The Hall–Kier alpha value is -2.54. The summed E-state index contributed by atoms with van der Waals surface area (Å²) in [6.45, 7) is 3.54. The van der Waals surface area contributed by atoms with E-state index in [0.29, 0.717) is 12.2 Å². The highest BCUT2D eigenvalue weighted by atomic mass is 19.1. The molecule has 0 radical (unpaired) electrons. The van der Waals surface area contributed by atoms with Gasteiger partial charge in [0.1, 0.15) is 23.7 Å². The van der Waals surface area contributed by atoms with E-state index in [0.717, 1.165) is 36.5 Å². The van der Waals surface area contributed by atoms with Crippen molar-refractivity contribution in [1.82, 2.24) is 29.9 Å². The molecule has 1 aliphatic heterocycles. The second-order valence-electron chi connectivity index (χ2n) is 6.05. The van der Waals surface area contributed by atoms with Gasteiger partial charge in [-0.15, -0.1) is 0 Å². The maximum absolute atomic E-state index is 13.9. The first-order valence-corrected chi connectivity index (χ1v) is 8.13. The molecule has 24 heavy (non-hydrogen) atoms. The van der Waals surface area contributed by atoms with Crippen LogP contribution >= 0.6 is 0 Å². The predicted molar refractivity (Wildman–Crippen MR) is 87.1 cm³/mol. The average Bonchev–Trinajstić information content (AvgIpc) is 3.20. The number of hydrogen-bond acceptors (Lipinski definition) is 4.